The first-order chi connectivity index (χ1) is 7.58. The van der Waals surface area contributed by atoms with E-state index < -0.39 is 6.16 Å². The SMILES string of the molecule is CC(C)=CC(C)OC(=O)Oc1ccccc1. The van der Waals surface area contributed by atoms with Gasteiger partial charge in [0, 0.05) is 0 Å². The molecule has 16 heavy (non-hydrogen) atoms. The van der Waals surface area contributed by atoms with Crippen molar-refractivity contribution in [3.63, 3.8) is 0 Å². The molecule has 0 fully saturated rings. The lowest BCUT2D eigenvalue weighted by Gasteiger charge is -2.09. The Labute approximate surface area is 95.7 Å². The summed E-state index contributed by atoms with van der Waals surface area (Å²) in [7, 11) is 0. The topological polar surface area (TPSA) is 35.5 Å². The van der Waals surface area contributed by atoms with E-state index in [4.69, 9.17) is 9.47 Å². The van der Waals surface area contributed by atoms with Crippen LogP contribution in [0.3, 0.4) is 0 Å². The molecule has 3 nitrogen and oxygen atoms in total. The van der Waals surface area contributed by atoms with E-state index in [1.807, 2.05) is 26.0 Å². The van der Waals surface area contributed by atoms with Crippen LogP contribution in [-0.4, -0.2) is 12.3 Å². The number of para-hydroxylation sites is 1. The average molecular weight is 220 g/mol. The Hall–Kier alpha value is -1.77. The van der Waals surface area contributed by atoms with Crippen molar-refractivity contribution in [2.75, 3.05) is 0 Å². The Balaban J connectivity index is 2.45. The quantitative estimate of drug-likeness (QED) is 0.444. The third-order valence-corrected chi connectivity index (χ3v) is 1.79. The molecule has 1 atom stereocenters. The molecule has 0 aromatic heterocycles. The molecule has 0 aliphatic carbocycles. The van der Waals surface area contributed by atoms with Crippen molar-refractivity contribution in [2.24, 2.45) is 0 Å². The number of carbonyl (C=O) groups is 1. The standard InChI is InChI=1S/C13H16O3/c1-10(2)9-11(3)15-13(14)16-12-7-5-4-6-8-12/h4-9,11H,1-3H3. The van der Waals surface area contributed by atoms with Crippen LogP contribution < -0.4 is 4.74 Å². The molecule has 0 bridgehead atoms. The number of hydrogen-bond donors (Lipinski definition) is 0. The van der Waals surface area contributed by atoms with Gasteiger partial charge in [-0.1, -0.05) is 23.8 Å². The second-order valence-corrected chi connectivity index (χ2v) is 3.73. The molecule has 3 heteroatoms. The van der Waals surface area contributed by atoms with Crippen LogP contribution in [0, 0.1) is 0 Å². The van der Waals surface area contributed by atoms with Gasteiger partial charge in [0.1, 0.15) is 11.9 Å². The zero-order chi connectivity index (χ0) is 12.0. The highest BCUT2D eigenvalue weighted by molar-refractivity contribution is 5.64. The lowest BCUT2D eigenvalue weighted by Crippen LogP contribution is -2.16. The molecular formula is C13H16O3. The molecule has 0 saturated carbocycles. The van der Waals surface area contributed by atoms with Crippen molar-refractivity contribution < 1.29 is 14.3 Å². The van der Waals surface area contributed by atoms with E-state index in [9.17, 15) is 4.79 Å². The molecule has 0 N–H and O–H groups in total. The number of rotatable bonds is 3. The summed E-state index contributed by atoms with van der Waals surface area (Å²) in [4.78, 5) is 11.3. The van der Waals surface area contributed by atoms with Gasteiger partial charge in [0.2, 0.25) is 0 Å². The van der Waals surface area contributed by atoms with Crippen LogP contribution in [0.4, 0.5) is 4.79 Å². The summed E-state index contributed by atoms with van der Waals surface area (Å²) in [6.45, 7) is 5.68. The highest BCUT2D eigenvalue weighted by atomic mass is 16.7. The summed E-state index contributed by atoms with van der Waals surface area (Å²) in [5.41, 5.74) is 1.10. The molecule has 1 unspecified atom stereocenters. The molecule has 0 amide bonds. The van der Waals surface area contributed by atoms with Gasteiger partial charge in [-0.3, -0.25) is 0 Å². The van der Waals surface area contributed by atoms with Gasteiger partial charge in [-0.25, -0.2) is 4.79 Å². The van der Waals surface area contributed by atoms with Crippen LogP contribution in [0.15, 0.2) is 42.0 Å². The first kappa shape index (κ1) is 12.3. The van der Waals surface area contributed by atoms with Gasteiger partial charge in [-0.2, -0.15) is 0 Å². The Morgan fingerprint density at radius 2 is 1.88 bits per heavy atom. The third kappa shape index (κ3) is 4.64. The van der Waals surface area contributed by atoms with Crippen LogP contribution in [0.2, 0.25) is 0 Å². The van der Waals surface area contributed by atoms with E-state index in [0.717, 1.165) is 5.57 Å². The minimum Gasteiger partial charge on any atom is -0.427 e. The van der Waals surface area contributed by atoms with Crippen LogP contribution >= 0.6 is 0 Å². The molecule has 0 aliphatic heterocycles. The van der Waals surface area contributed by atoms with Gasteiger partial charge in [-0.05, 0) is 39.0 Å². The van der Waals surface area contributed by atoms with E-state index in [-0.39, 0.29) is 6.10 Å². The maximum atomic E-state index is 11.3. The zero-order valence-corrected chi connectivity index (χ0v) is 9.77. The maximum absolute atomic E-state index is 11.3. The summed E-state index contributed by atoms with van der Waals surface area (Å²) >= 11 is 0. The van der Waals surface area contributed by atoms with Crippen LogP contribution in [0.25, 0.3) is 0 Å². The number of hydrogen-bond acceptors (Lipinski definition) is 3. The van der Waals surface area contributed by atoms with Crippen molar-refractivity contribution in [3.05, 3.63) is 42.0 Å². The Kier molecular flexibility index (Phi) is 4.58. The van der Waals surface area contributed by atoms with Gasteiger partial charge >= 0.3 is 6.16 Å². The second-order valence-electron chi connectivity index (χ2n) is 3.73. The molecule has 0 aliphatic rings. The number of benzene rings is 1. The Morgan fingerprint density at radius 1 is 1.25 bits per heavy atom. The monoisotopic (exact) mass is 220 g/mol. The van der Waals surface area contributed by atoms with Gasteiger partial charge in [0.05, 0.1) is 0 Å². The van der Waals surface area contributed by atoms with Crippen molar-refractivity contribution >= 4 is 6.16 Å². The maximum Gasteiger partial charge on any atom is 0.514 e. The number of carbonyl (C=O) groups excluding carboxylic acids is 1. The minimum atomic E-state index is -0.684. The van der Waals surface area contributed by atoms with Gasteiger partial charge in [0.15, 0.2) is 0 Å². The van der Waals surface area contributed by atoms with Crippen molar-refractivity contribution in [2.45, 2.75) is 26.9 Å². The van der Waals surface area contributed by atoms with E-state index in [1.54, 1.807) is 31.2 Å². The summed E-state index contributed by atoms with van der Waals surface area (Å²) in [5, 5.41) is 0. The highest BCUT2D eigenvalue weighted by Gasteiger charge is 2.09. The minimum absolute atomic E-state index is 0.277. The highest BCUT2D eigenvalue weighted by Crippen LogP contribution is 2.10. The molecule has 0 saturated heterocycles. The summed E-state index contributed by atoms with van der Waals surface area (Å²) in [6, 6.07) is 8.84. The summed E-state index contributed by atoms with van der Waals surface area (Å²) in [5.74, 6) is 0.483. The first-order valence-corrected chi connectivity index (χ1v) is 5.16. The fourth-order valence-corrected chi connectivity index (χ4v) is 1.26. The predicted molar refractivity (Wildman–Crippen MR) is 62.4 cm³/mol. The van der Waals surface area contributed by atoms with Crippen LogP contribution in [0.5, 0.6) is 5.75 Å². The Bertz CT molecular complexity index is 364. The Morgan fingerprint density at radius 3 is 2.44 bits per heavy atom. The molecule has 1 rings (SSSR count). The van der Waals surface area contributed by atoms with Gasteiger partial charge in [-0.15, -0.1) is 0 Å². The molecule has 1 aromatic rings. The largest absolute Gasteiger partial charge is 0.514 e. The lowest BCUT2D eigenvalue weighted by atomic mass is 10.2. The van der Waals surface area contributed by atoms with Gasteiger partial charge < -0.3 is 9.47 Å². The fourth-order valence-electron chi connectivity index (χ4n) is 1.26. The summed E-state index contributed by atoms with van der Waals surface area (Å²) in [6.07, 6.45) is 0.893. The fraction of sp³-hybridized carbons (Fsp3) is 0.308. The molecule has 86 valence electrons. The van der Waals surface area contributed by atoms with Crippen LogP contribution in [0.1, 0.15) is 20.8 Å². The molecular weight excluding hydrogens is 204 g/mol. The third-order valence-electron chi connectivity index (χ3n) is 1.79. The van der Waals surface area contributed by atoms with Gasteiger partial charge in [0.25, 0.3) is 0 Å². The smallest absolute Gasteiger partial charge is 0.427 e. The zero-order valence-electron chi connectivity index (χ0n) is 9.77. The van der Waals surface area contributed by atoms with E-state index in [0.29, 0.717) is 5.75 Å². The first-order valence-electron chi connectivity index (χ1n) is 5.16. The molecule has 1 aromatic carbocycles. The van der Waals surface area contributed by atoms with E-state index in [1.165, 1.54) is 0 Å². The number of allylic oxidation sites excluding steroid dienone is 1. The van der Waals surface area contributed by atoms with Crippen LogP contribution in [-0.2, 0) is 4.74 Å². The van der Waals surface area contributed by atoms with Crippen molar-refractivity contribution in [1.29, 1.82) is 0 Å². The van der Waals surface area contributed by atoms with E-state index >= 15 is 0 Å². The number of ether oxygens (including phenoxy) is 2. The lowest BCUT2D eigenvalue weighted by molar-refractivity contribution is 0.0821. The van der Waals surface area contributed by atoms with E-state index in [2.05, 4.69) is 0 Å². The molecule has 0 spiro atoms. The molecule has 0 radical (unpaired) electrons. The summed E-state index contributed by atoms with van der Waals surface area (Å²) < 4.78 is 10.0. The van der Waals surface area contributed by atoms with Crippen molar-refractivity contribution in [1.82, 2.24) is 0 Å². The normalized spacial score (nSPS) is 11.4. The average Bonchev–Trinajstić information content (AvgIpc) is 2.17. The predicted octanol–water partition coefficient (Wildman–Crippen LogP) is 3.56. The molecule has 0 heterocycles. The second kappa shape index (κ2) is 5.95. The van der Waals surface area contributed by atoms with Crippen molar-refractivity contribution in [3.8, 4) is 5.75 Å².